The summed E-state index contributed by atoms with van der Waals surface area (Å²) >= 11 is 0. The van der Waals surface area contributed by atoms with Gasteiger partial charge in [0.05, 0.1) is 19.3 Å². The summed E-state index contributed by atoms with van der Waals surface area (Å²) in [5.41, 5.74) is 1.12. The normalized spacial score (nSPS) is 17.8. The summed E-state index contributed by atoms with van der Waals surface area (Å²) in [7, 11) is 1.33. The van der Waals surface area contributed by atoms with Gasteiger partial charge in [-0.2, -0.15) is 14.6 Å². The van der Waals surface area contributed by atoms with Gasteiger partial charge in [0, 0.05) is 24.8 Å². The molecule has 0 saturated carbocycles. The molecule has 0 aromatic carbocycles. The highest BCUT2D eigenvalue weighted by molar-refractivity contribution is 5.86. The predicted molar refractivity (Wildman–Crippen MR) is 87.4 cm³/mol. The number of fused-ring (bicyclic) bond motifs is 1. The van der Waals surface area contributed by atoms with Crippen molar-refractivity contribution in [2.24, 2.45) is 0 Å². The number of esters is 1. The second kappa shape index (κ2) is 6.11. The van der Waals surface area contributed by atoms with Crippen LogP contribution in [0.4, 0.5) is 5.82 Å². The van der Waals surface area contributed by atoms with Gasteiger partial charge in [-0.1, -0.05) is 5.21 Å². The third-order valence-electron chi connectivity index (χ3n) is 4.36. The van der Waals surface area contributed by atoms with Crippen LogP contribution in [0.3, 0.4) is 0 Å². The van der Waals surface area contributed by atoms with Crippen LogP contribution in [0.5, 0.6) is 0 Å². The Labute approximate surface area is 143 Å². The smallest absolute Gasteiger partial charge is 0.360 e. The van der Waals surface area contributed by atoms with Gasteiger partial charge in [0.2, 0.25) is 0 Å². The molecule has 1 atom stereocenters. The Hall–Kier alpha value is -3.04. The van der Waals surface area contributed by atoms with Gasteiger partial charge in [-0.25, -0.2) is 14.5 Å². The Morgan fingerprint density at radius 1 is 1.40 bits per heavy atom. The van der Waals surface area contributed by atoms with E-state index in [0.717, 1.165) is 37.4 Å². The number of rotatable bonds is 3. The summed E-state index contributed by atoms with van der Waals surface area (Å²) in [6.45, 7) is 3.59. The Kier molecular flexibility index (Phi) is 3.79. The lowest BCUT2D eigenvalue weighted by atomic mass is 10.1. The molecule has 25 heavy (non-hydrogen) atoms. The van der Waals surface area contributed by atoms with Crippen LogP contribution in [-0.4, -0.2) is 60.7 Å². The van der Waals surface area contributed by atoms with E-state index in [1.165, 1.54) is 13.4 Å². The van der Waals surface area contributed by atoms with Crippen molar-refractivity contribution in [1.82, 2.24) is 34.6 Å². The number of hydrogen-bond donors (Lipinski definition) is 0. The minimum absolute atomic E-state index is 0.117. The SMILES string of the molecule is COC(=O)c1cn([C@@H]2CCCN(c3cc(C)nc4ncnn34)C2)nn1. The van der Waals surface area contributed by atoms with Crippen molar-refractivity contribution in [3.8, 4) is 0 Å². The minimum atomic E-state index is -0.479. The number of anilines is 1. The van der Waals surface area contributed by atoms with Crippen molar-refractivity contribution in [2.45, 2.75) is 25.8 Å². The second-order valence-electron chi connectivity index (χ2n) is 6.05. The highest BCUT2D eigenvalue weighted by atomic mass is 16.5. The molecule has 0 unspecified atom stereocenters. The average Bonchev–Trinajstić information content (AvgIpc) is 3.29. The Morgan fingerprint density at radius 2 is 2.28 bits per heavy atom. The second-order valence-corrected chi connectivity index (χ2v) is 6.05. The van der Waals surface area contributed by atoms with E-state index in [-0.39, 0.29) is 11.7 Å². The van der Waals surface area contributed by atoms with E-state index >= 15 is 0 Å². The summed E-state index contributed by atoms with van der Waals surface area (Å²) < 4.78 is 8.18. The number of aromatic nitrogens is 7. The zero-order valence-electron chi connectivity index (χ0n) is 14.0. The van der Waals surface area contributed by atoms with Gasteiger partial charge in [0.15, 0.2) is 5.69 Å². The highest BCUT2D eigenvalue weighted by Crippen LogP contribution is 2.26. The summed E-state index contributed by atoms with van der Waals surface area (Å²) in [6, 6.07) is 2.12. The van der Waals surface area contributed by atoms with Crippen LogP contribution in [0.25, 0.3) is 5.78 Å². The van der Waals surface area contributed by atoms with E-state index in [2.05, 4.69) is 35.0 Å². The number of carbonyl (C=O) groups excluding carboxylic acids is 1. The van der Waals surface area contributed by atoms with Crippen LogP contribution in [0.1, 0.15) is 35.1 Å². The molecule has 0 bridgehead atoms. The molecule has 4 heterocycles. The zero-order valence-corrected chi connectivity index (χ0v) is 14.0. The molecule has 1 saturated heterocycles. The van der Waals surface area contributed by atoms with Crippen LogP contribution in [0.15, 0.2) is 18.6 Å². The van der Waals surface area contributed by atoms with Gasteiger partial charge < -0.3 is 9.64 Å². The third-order valence-corrected chi connectivity index (χ3v) is 4.36. The molecule has 0 radical (unpaired) electrons. The first-order valence-electron chi connectivity index (χ1n) is 8.08. The molecule has 0 amide bonds. The van der Waals surface area contributed by atoms with Gasteiger partial charge in [0.1, 0.15) is 12.1 Å². The summed E-state index contributed by atoms with van der Waals surface area (Å²) in [6.07, 6.45) is 5.11. The molecule has 10 heteroatoms. The number of methoxy groups -OCH3 is 1. The van der Waals surface area contributed by atoms with Gasteiger partial charge in [-0.05, 0) is 19.8 Å². The van der Waals surface area contributed by atoms with E-state index < -0.39 is 5.97 Å². The van der Waals surface area contributed by atoms with E-state index in [4.69, 9.17) is 0 Å². The first-order valence-corrected chi connectivity index (χ1v) is 8.08. The maximum absolute atomic E-state index is 11.6. The fourth-order valence-electron chi connectivity index (χ4n) is 3.17. The highest BCUT2D eigenvalue weighted by Gasteiger charge is 2.25. The molecule has 4 rings (SSSR count). The number of ether oxygens (including phenoxy) is 1. The van der Waals surface area contributed by atoms with Gasteiger partial charge in [-0.3, -0.25) is 0 Å². The van der Waals surface area contributed by atoms with E-state index in [9.17, 15) is 4.79 Å². The van der Waals surface area contributed by atoms with Crippen LogP contribution >= 0.6 is 0 Å². The minimum Gasteiger partial charge on any atom is -0.464 e. The molecule has 0 aliphatic carbocycles. The average molecular weight is 342 g/mol. The Bertz CT molecular complexity index is 917. The maximum atomic E-state index is 11.6. The topological polar surface area (TPSA) is 103 Å². The number of piperidine rings is 1. The lowest BCUT2D eigenvalue weighted by Gasteiger charge is -2.34. The third kappa shape index (κ3) is 2.79. The fourth-order valence-corrected chi connectivity index (χ4v) is 3.17. The molecule has 0 N–H and O–H groups in total. The Morgan fingerprint density at radius 3 is 3.12 bits per heavy atom. The van der Waals surface area contributed by atoms with E-state index in [0.29, 0.717) is 5.78 Å². The maximum Gasteiger partial charge on any atom is 0.360 e. The van der Waals surface area contributed by atoms with Crippen molar-refractivity contribution in [3.63, 3.8) is 0 Å². The standard InChI is InChI=1S/C15H18N8O2/c1-10-6-13(23-15(18-10)16-9-17-23)21-5-3-4-11(7-21)22-8-12(19-20-22)14(24)25-2/h6,8-9,11H,3-5,7H2,1-2H3/t11-/m1/s1. The monoisotopic (exact) mass is 342 g/mol. The van der Waals surface area contributed by atoms with E-state index in [1.54, 1.807) is 15.4 Å². The van der Waals surface area contributed by atoms with E-state index in [1.807, 2.05) is 13.0 Å². The summed E-state index contributed by atoms with van der Waals surface area (Å²) in [5.74, 6) is 1.07. The summed E-state index contributed by atoms with van der Waals surface area (Å²) in [5, 5.41) is 12.3. The van der Waals surface area contributed by atoms with Crippen LogP contribution < -0.4 is 4.90 Å². The molecule has 10 nitrogen and oxygen atoms in total. The van der Waals surface area contributed by atoms with Crippen molar-refractivity contribution in [2.75, 3.05) is 25.1 Å². The first-order chi connectivity index (χ1) is 12.2. The Balaban J connectivity index is 1.61. The van der Waals surface area contributed by atoms with Gasteiger partial charge in [0.25, 0.3) is 5.78 Å². The molecule has 1 aliphatic heterocycles. The lowest BCUT2D eigenvalue weighted by Crippen LogP contribution is -2.38. The molecular formula is C15H18N8O2. The molecule has 1 fully saturated rings. The van der Waals surface area contributed by atoms with Crippen molar-refractivity contribution in [1.29, 1.82) is 0 Å². The van der Waals surface area contributed by atoms with Gasteiger partial charge >= 0.3 is 5.97 Å². The quantitative estimate of drug-likeness (QED) is 0.639. The summed E-state index contributed by atoms with van der Waals surface area (Å²) in [4.78, 5) is 22.4. The molecule has 3 aromatic rings. The number of nitrogens with zero attached hydrogens (tertiary/aromatic N) is 8. The largest absolute Gasteiger partial charge is 0.464 e. The number of aryl methyl sites for hydroxylation is 1. The molecule has 1 aliphatic rings. The fraction of sp³-hybridized carbons (Fsp3) is 0.467. The van der Waals surface area contributed by atoms with Crippen LogP contribution in [0, 0.1) is 6.92 Å². The van der Waals surface area contributed by atoms with Crippen molar-refractivity contribution < 1.29 is 9.53 Å². The number of carbonyl (C=O) groups is 1. The van der Waals surface area contributed by atoms with Crippen molar-refractivity contribution in [3.05, 3.63) is 30.0 Å². The molecule has 0 spiro atoms. The zero-order chi connectivity index (χ0) is 17.4. The molecule has 130 valence electrons. The van der Waals surface area contributed by atoms with Gasteiger partial charge in [-0.15, -0.1) is 5.10 Å². The first kappa shape index (κ1) is 15.5. The molecular weight excluding hydrogens is 324 g/mol. The van der Waals surface area contributed by atoms with Crippen molar-refractivity contribution >= 4 is 17.6 Å². The predicted octanol–water partition coefficient (Wildman–Crippen LogP) is 0.652. The lowest BCUT2D eigenvalue weighted by molar-refractivity contribution is 0.0594. The van der Waals surface area contributed by atoms with Crippen LogP contribution in [0.2, 0.25) is 0 Å². The van der Waals surface area contributed by atoms with Crippen LogP contribution in [-0.2, 0) is 4.74 Å². The molecule has 3 aromatic heterocycles. The number of hydrogen-bond acceptors (Lipinski definition) is 8.